The highest BCUT2D eigenvalue weighted by Gasteiger charge is 2.02. The molecular formula is C8H17NO. The molecule has 0 saturated heterocycles. The van der Waals surface area contributed by atoms with Crippen molar-refractivity contribution in [1.29, 1.82) is 0 Å². The first-order valence-corrected chi connectivity index (χ1v) is 3.94. The van der Waals surface area contributed by atoms with Crippen LogP contribution in [0.5, 0.6) is 0 Å². The highest BCUT2D eigenvalue weighted by Crippen LogP contribution is 2.08. The van der Waals surface area contributed by atoms with Crippen LogP contribution in [0.25, 0.3) is 0 Å². The smallest absolute Gasteiger partial charge is 0.0570 e. The first-order chi connectivity index (χ1) is 4.74. The van der Waals surface area contributed by atoms with Gasteiger partial charge in [-0.25, -0.2) is 0 Å². The molecule has 0 bridgehead atoms. The number of hydrogen-bond acceptors (Lipinski definition) is 2. The number of oxime groups is 1. The topological polar surface area (TPSA) is 32.6 Å². The van der Waals surface area contributed by atoms with Crippen molar-refractivity contribution >= 4 is 5.71 Å². The Kier molecular flexibility index (Phi) is 4.99. The van der Waals surface area contributed by atoms with Crippen molar-refractivity contribution in [3.8, 4) is 0 Å². The van der Waals surface area contributed by atoms with Crippen molar-refractivity contribution in [3.05, 3.63) is 0 Å². The van der Waals surface area contributed by atoms with Crippen LogP contribution in [0.2, 0.25) is 0 Å². The van der Waals surface area contributed by atoms with Gasteiger partial charge in [0.15, 0.2) is 0 Å². The van der Waals surface area contributed by atoms with Crippen LogP contribution in [-0.2, 0) is 0 Å². The molecule has 0 amide bonds. The summed E-state index contributed by atoms with van der Waals surface area (Å²) in [5.74, 6) is 0.644. The molecule has 0 aliphatic carbocycles. The molecule has 0 aliphatic heterocycles. The van der Waals surface area contributed by atoms with Crippen molar-refractivity contribution in [2.75, 3.05) is 0 Å². The van der Waals surface area contributed by atoms with Crippen LogP contribution < -0.4 is 0 Å². The van der Waals surface area contributed by atoms with Gasteiger partial charge in [-0.2, -0.15) is 0 Å². The third-order valence-electron chi connectivity index (χ3n) is 1.83. The minimum absolute atomic E-state index is 0.644. The fourth-order valence-corrected chi connectivity index (χ4v) is 0.802. The molecule has 2 heteroatoms. The molecule has 60 valence electrons. The van der Waals surface area contributed by atoms with E-state index in [1.54, 1.807) is 0 Å². The molecule has 1 atom stereocenters. The first kappa shape index (κ1) is 9.47. The lowest BCUT2D eigenvalue weighted by atomic mass is 10.0. The zero-order valence-corrected chi connectivity index (χ0v) is 7.09. The Labute approximate surface area is 62.9 Å². The first-order valence-electron chi connectivity index (χ1n) is 3.94. The minimum Gasteiger partial charge on any atom is -0.411 e. The standard InChI is InChI=1S/C8H17NO/c1-4-7(3)6-8(5-2)9-10/h7,10H,4-6H2,1-3H3/t7-/m1/s1. The van der Waals surface area contributed by atoms with Gasteiger partial charge < -0.3 is 5.21 Å². The summed E-state index contributed by atoms with van der Waals surface area (Å²) in [6, 6.07) is 0. The molecule has 1 N–H and O–H groups in total. The molecular weight excluding hydrogens is 126 g/mol. The van der Waals surface area contributed by atoms with Crippen molar-refractivity contribution < 1.29 is 5.21 Å². The quantitative estimate of drug-likeness (QED) is 0.366. The van der Waals surface area contributed by atoms with E-state index in [0.29, 0.717) is 5.92 Å². The third kappa shape index (κ3) is 3.49. The highest BCUT2D eigenvalue weighted by atomic mass is 16.4. The summed E-state index contributed by atoms with van der Waals surface area (Å²) in [6.45, 7) is 6.33. The lowest BCUT2D eigenvalue weighted by Crippen LogP contribution is -2.03. The van der Waals surface area contributed by atoms with Crippen molar-refractivity contribution in [3.63, 3.8) is 0 Å². The molecule has 0 aromatic carbocycles. The van der Waals surface area contributed by atoms with E-state index in [4.69, 9.17) is 5.21 Å². The SMILES string of the molecule is CCC(C[C@H](C)CC)=NO. The molecule has 0 aliphatic rings. The van der Waals surface area contributed by atoms with E-state index >= 15 is 0 Å². The van der Waals surface area contributed by atoms with E-state index in [1.807, 2.05) is 6.92 Å². The molecule has 0 aromatic rings. The molecule has 0 unspecified atom stereocenters. The molecule has 0 aromatic heterocycles. The minimum atomic E-state index is 0.644. The van der Waals surface area contributed by atoms with E-state index in [1.165, 1.54) is 0 Å². The van der Waals surface area contributed by atoms with E-state index in [-0.39, 0.29) is 0 Å². The Morgan fingerprint density at radius 3 is 2.40 bits per heavy atom. The molecule has 10 heavy (non-hydrogen) atoms. The summed E-state index contributed by atoms with van der Waals surface area (Å²) in [5, 5.41) is 11.7. The van der Waals surface area contributed by atoms with Crippen LogP contribution in [0.1, 0.15) is 40.0 Å². The maximum Gasteiger partial charge on any atom is 0.0570 e. The maximum atomic E-state index is 8.46. The van der Waals surface area contributed by atoms with Gasteiger partial charge in [-0.05, 0) is 18.8 Å². The molecule has 0 saturated carbocycles. The second-order valence-electron chi connectivity index (χ2n) is 2.74. The van der Waals surface area contributed by atoms with Gasteiger partial charge in [0.05, 0.1) is 5.71 Å². The fourth-order valence-electron chi connectivity index (χ4n) is 0.802. The highest BCUT2D eigenvalue weighted by molar-refractivity contribution is 5.83. The summed E-state index contributed by atoms with van der Waals surface area (Å²) in [6.07, 6.45) is 2.95. The molecule has 0 rings (SSSR count). The van der Waals surface area contributed by atoms with Crippen molar-refractivity contribution in [1.82, 2.24) is 0 Å². The van der Waals surface area contributed by atoms with Gasteiger partial charge >= 0.3 is 0 Å². The zero-order valence-electron chi connectivity index (χ0n) is 7.09. The lowest BCUT2D eigenvalue weighted by Gasteiger charge is -2.06. The van der Waals surface area contributed by atoms with Gasteiger partial charge in [-0.1, -0.05) is 32.3 Å². The van der Waals surface area contributed by atoms with Crippen LogP contribution in [0.4, 0.5) is 0 Å². The van der Waals surface area contributed by atoms with Crippen LogP contribution in [0.15, 0.2) is 5.16 Å². The molecule has 2 nitrogen and oxygen atoms in total. The van der Waals surface area contributed by atoms with Crippen molar-refractivity contribution in [2.24, 2.45) is 11.1 Å². The van der Waals surface area contributed by atoms with Gasteiger partial charge in [0.1, 0.15) is 0 Å². The summed E-state index contributed by atoms with van der Waals surface area (Å²) < 4.78 is 0. The van der Waals surface area contributed by atoms with E-state index in [9.17, 15) is 0 Å². The summed E-state index contributed by atoms with van der Waals surface area (Å²) in [5.41, 5.74) is 0.911. The van der Waals surface area contributed by atoms with Gasteiger partial charge in [0.2, 0.25) is 0 Å². The predicted octanol–water partition coefficient (Wildman–Crippen LogP) is 2.66. The summed E-state index contributed by atoms with van der Waals surface area (Å²) in [4.78, 5) is 0. The Hall–Kier alpha value is -0.530. The van der Waals surface area contributed by atoms with Gasteiger partial charge in [-0.15, -0.1) is 0 Å². The van der Waals surface area contributed by atoms with Crippen LogP contribution in [0, 0.1) is 5.92 Å². The van der Waals surface area contributed by atoms with E-state index in [2.05, 4.69) is 19.0 Å². The Morgan fingerprint density at radius 1 is 1.50 bits per heavy atom. The number of nitrogens with zero attached hydrogens (tertiary/aromatic N) is 1. The second-order valence-corrected chi connectivity index (χ2v) is 2.74. The number of rotatable bonds is 4. The van der Waals surface area contributed by atoms with Crippen molar-refractivity contribution in [2.45, 2.75) is 40.0 Å². The van der Waals surface area contributed by atoms with Crippen LogP contribution in [-0.4, -0.2) is 10.9 Å². The van der Waals surface area contributed by atoms with Gasteiger partial charge in [-0.3, -0.25) is 0 Å². The third-order valence-corrected chi connectivity index (χ3v) is 1.83. The largest absolute Gasteiger partial charge is 0.411 e. The molecule has 0 spiro atoms. The zero-order chi connectivity index (χ0) is 7.98. The summed E-state index contributed by atoms with van der Waals surface area (Å²) >= 11 is 0. The van der Waals surface area contributed by atoms with Crippen LogP contribution in [0.3, 0.4) is 0 Å². The average molecular weight is 143 g/mol. The molecule has 0 radical (unpaired) electrons. The second kappa shape index (κ2) is 5.27. The Bertz CT molecular complexity index is 110. The maximum absolute atomic E-state index is 8.46. The molecule has 0 heterocycles. The Morgan fingerprint density at radius 2 is 2.10 bits per heavy atom. The molecule has 0 fully saturated rings. The van der Waals surface area contributed by atoms with Gasteiger partial charge in [0.25, 0.3) is 0 Å². The fraction of sp³-hybridized carbons (Fsp3) is 0.875. The number of hydrogen-bond donors (Lipinski definition) is 1. The van der Waals surface area contributed by atoms with E-state index < -0.39 is 0 Å². The monoisotopic (exact) mass is 143 g/mol. The van der Waals surface area contributed by atoms with E-state index in [0.717, 1.165) is 25.0 Å². The predicted molar refractivity (Wildman–Crippen MR) is 43.6 cm³/mol. The average Bonchev–Trinajstić information content (AvgIpc) is 1.99. The lowest BCUT2D eigenvalue weighted by molar-refractivity contribution is 0.315. The van der Waals surface area contributed by atoms with Gasteiger partial charge in [0, 0.05) is 0 Å². The Balaban J connectivity index is 3.64. The van der Waals surface area contributed by atoms with Crippen LogP contribution >= 0.6 is 0 Å². The normalized spacial score (nSPS) is 15.3. The summed E-state index contributed by atoms with van der Waals surface area (Å²) in [7, 11) is 0.